The van der Waals surface area contributed by atoms with Crippen molar-refractivity contribution in [1.82, 2.24) is 5.32 Å². The maximum absolute atomic E-state index is 12.6. The smallest absolute Gasteiger partial charge is 0.235 e. The molecule has 3 rings (SSSR count). The normalized spacial score (nSPS) is 20.7. The van der Waals surface area contributed by atoms with Crippen LogP contribution in [0.2, 0.25) is 0 Å². The molecule has 0 radical (unpaired) electrons. The lowest BCUT2D eigenvalue weighted by molar-refractivity contribution is -0.121. The lowest BCUT2D eigenvalue weighted by Crippen LogP contribution is -2.39. The number of aryl methyl sites for hydroxylation is 1. The lowest BCUT2D eigenvalue weighted by atomic mass is 10.0. The third kappa shape index (κ3) is 4.08. The van der Waals surface area contributed by atoms with Gasteiger partial charge in [0.15, 0.2) is 0 Å². The van der Waals surface area contributed by atoms with Gasteiger partial charge in [-0.3, -0.25) is 9.10 Å². The minimum absolute atomic E-state index is 0.0201. The van der Waals surface area contributed by atoms with E-state index < -0.39 is 10.0 Å². The highest BCUT2D eigenvalue weighted by Gasteiger charge is 2.27. The molecule has 1 N–H and O–H groups in total. The number of carbonyl (C=O) groups excluding carboxylic acids is 1. The van der Waals surface area contributed by atoms with Crippen molar-refractivity contribution in [3.63, 3.8) is 0 Å². The number of nitrogens with one attached hydrogen (secondary N) is 1. The quantitative estimate of drug-likeness (QED) is 0.841. The number of benzene rings is 1. The Labute approximate surface area is 143 Å². The molecule has 1 amide bonds. The first-order valence-electron chi connectivity index (χ1n) is 8.53. The number of amides is 1. The number of hydrogen-bond donors (Lipinski definition) is 1. The molecular formula is C17H24N2O4S. The molecule has 24 heavy (non-hydrogen) atoms. The number of ether oxygens (including phenoxy) is 1. The van der Waals surface area contributed by atoms with Crippen molar-refractivity contribution in [3.05, 3.63) is 29.8 Å². The van der Waals surface area contributed by atoms with Crippen LogP contribution in [0.4, 0.5) is 5.69 Å². The Morgan fingerprint density at radius 1 is 1.29 bits per heavy atom. The van der Waals surface area contributed by atoms with Crippen LogP contribution in [0.1, 0.15) is 31.2 Å². The molecule has 0 spiro atoms. The standard InChI is InChI=1S/C17H24N2O4S/c20-17(18-13-15-7-4-11-23-15)9-12-24(21,22)19-10-3-6-14-5-1-2-8-16(14)19/h1-2,5,8,15H,3-4,6-7,9-13H2,(H,18,20). The number of rotatable bonds is 6. The monoisotopic (exact) mass is 352 g/mol. The summed E-state index contributed by atoms with van der Waals surface area (Å²) in [6.45, 7) is 1.69. The van der Waals surface area contributed by atoms with Gasteiger partial charge in [0.05, 0.1) is 17.5 Å². The number of nitrogens with zero attached hydrogens (tertiary/aromatic N) is 1. The molecule has 1 aromatic rings. The molecule has 0 aromatic heterocycles. The number of fused-ring (bicyclic) bond motifs is 1. The highest BCUT2D eigenvalue weighted by Crippen LogP contribution is 2.29. The summed E-state index contributed by atoms with van der Waals surface area (Å²) in [6, 6.07) is 7.57. The van der Waals surface area contributed by atoms with Gasteiger partial charge in [0.2, 0.25) is 15.9 Å². The molecule has 2 aliphatic heterocycles. The molecule has 6 nitrogen and oxygen atoms in total. The van der Waals surface area contributed by atoms with Gasteiger partial charge in [-0.25, -0.2) is 8.42 Å². The van der Waals surface area contributed by atoms with Gasteiger partial charge >= 0.3 is 0 Å². The topological polar surface area (TPSA) is 75.7 Å². The summed E-state index contributed by atoms with van der Waals surface area (Å²) in [6.07, 6.45) is 3.71. The largest absolute Gasteiger partial charge is 0.376 e. The van der Waals surface area contributed by atoms with Crippen molar-refractivity contribution < 1.29 is 17.9 Å². The zero-order chi connectivity index (χ0) is 17.0. The van der Waals surface area contributed by atoms with Crippen molar-refractivity contribution in [3.8, 4) is 0 Å². The lowest BCUT2D eigenvalue weighted by Gasteiger charge is -2.30. The Hall–Kier alpha value is -1.60. The van der Waals surface area contributed by atoms with Gasteiger partial charge < -0.3 is 10.1 Å². The van der Waals surface area contributed by atoms with E-state index in [0.29, 0.717) is 13.1 Å². The second-order valence-electron chi connectivity index (χ2n) is 6.31. The molecule has 1 fully saturated rings. The van der Waals surface area contributed by atoms with Crippen molar-refractivity contribution in [2.45, 2.75) is 38.2 Å². The van der Waals surface area contributed by atoms with Gasteiger partial charge in [0.25, 0.3) is 0 Å². The molecule has 1 unspecified atom stereocenters. The Balaban J connectivity index is 1.55. The fourth-order valence-electron chi connectivity index (χ4n) is 3.24. The predicted molar refractivity (Wildman–Crippen MR) is 92.5 cm³/mol. The van der Waals surface area contributed by atoms with Gasteiger partial charge in [-0.1, -0.05) is 18.2 Å². The van der Waals surface area contributed by atoms with Crippen LogP contribution < -0.4 is 9.62 Å². The van der Waals surface area contributed by atoms with E-state index in [1.54, 1.807) is 0 Å². The first-order chi connectivity index (χ1) is 11.6. The van der Waals surface area contributed by atoms with Crippen LogP contribution in [-0.2, 0) is 26.0 Å². The van der Waals surface area contributed by atoms with Gasteiger partial charge in [0.1, 0.15) is 0 Å². The average molecular weight is 352 g/mol. The molecule has 1 aromatic carbocycles. The van der Waals surface area contributed by atoms with Crippen molar-refractivity contribution in [2.75, 3.05) is 29.8 Å². The molecular weight excluding hydrogens is 328 g/mol. The van der Waals surface area contributed by atoms with E-state index in [-0.39, 0.29) is 24.2 Å². The number of anilines is 1. The summed E-state index contributed by atoms with van der Waals surface area (Å²) in [4.78, 5) is 11.9. The van der Waals surface area contributed by atoms with Crippen molar-refractivity contribution in [1.29, 1.82) is 0 Å². The zero-order valence-corrected chi connectivity index (χ0v) is 14.6. The molecule has 0 aliphatic carbocycles. The maximum atomic E-state index is 12.6. The molecule has 2 aliphatic rings. The molecule has 0 bridgehead atoms. The molecule has 132 valence electrons. The number of carbonyl (C=O) groups is 1. The van der Waals surface area contributed by atoms with Gasteiger partial charge in [-0.2, -0.15) is 0 Å². The van der Waals surface area contributed by atoms with Crippen LogP contribution in [0, 0.1) is 0 Å². The Bertz CT molecular complexity index is 684. The Morgan fingerprint density at radius 3 is 2.92 bits per heavy atom. The number of hydrogen-bond acceptors (Lipinski definition) is 4. The zero-order valence-electron chi connectivity index (χ0n) is 13.7. The van der Waals surface area contributed by atoms with Gasteiger partial charge in [-0.05, 0) is 37.3 Å². The van der Waals surface area contributed by atoms with E-state index in [9.17, 15) is 13.2 Å². The van der Waals surface area contributed by atoms with E-state index in [4.69, 9.17) is 4.74 Å². The fourth-order valence-corrected chi connectivity index (χ4v) is 4.79. The molecule has 1 saturated heterocycles. The van der Waals surface area contributed by atoms with Crippen molar-refractivity contribution >= 4 is 21.6 Å². The summed E-state index contributed by atoms with van der Waals surface area (Å²) in [7, 11) is -3.49. The van der Waals surface area contributed by atoms with E-state index in [1.807, 2.05) is 24.3 Å². The van der Waals surface area contributed by atoms with E-state index >= 15 is 0 Å². The van der Waals surface area contributed by atoms with Crippen LogP contribution in [0.25, 0.3) is 0 Å². The van der Waals surface area contributed by atoms with Crippen LogP contribution in [0.5, 0.6) is 0 Å². The predicted octanol–water partition coefficient (Wildman–Crippen LogP) is 1.45. The third-order valence-electron chi connectivity index (χ3n) is 4.54. The second-order valence-corrected chi connectivity index (χ2v) is 8.32. The second kappa shape index (κ2) is 7.53. The number of sulfonamides is 1. The molecule has 1 atom stereocenters. The van der Waals surface area contributed by atoms with E-state index in [2.05, 4.69) is 5.32 Å². The maximum Gasteiger partial charge on any atom is 0.235 e. The highest BCUT2D eigenvalue weighted by atomic mass is 32.2. The molecule has 7 heteroatoms. The van der Waals surface area contributed by atoms with E-state index in [1.165, 1.54) is 4.31 Å². The summed E-state index contributed by atoms with van der Waals surface area (Å²) in [5, 5.41) is 2.77. The van der Waals surface area contributed by atoms with Crippen molar-refractivity contribution in [2.24, 2.45) is 0 Å². The Morgan fingerprint density at radius 2 is 2.12 bits per heavy atom. The molecule has 0 saturated carbocycles. The van der Waals surface area contributed by atoms with E-state index in [0.717, 1.165) is 43.5 Å². The number of para-hydroxylation sites is 1. The van der Waals surface area contributed by atoms with Crippen LogP contribution in [-0.4, -0.2) is 45.9 Å². The summed E-state index contributed by atoms with van der Waals surface area (Å²) < 4.78 is 32.2. The minimum Gasteiger partial charge on any atom is -0.376 e. The Kier molecular flexibility index (Phi) is 5.40. The summed E-state index contributed by atoms with van der Waals surface area (Å²) in [5.74, 6) is -0.405. The SMILES string of the molecule is O=C(CCS(=O)(=O)N1CCCc2ccccc21)NCC1CCCO1. The minimum atomic E-state index is -3.49. The first kappa shape index (κ1) is 17.2. The summed E-state index contributed by atoms with van der Waals surface area (Å²) in [5.41, 5.74) is 1.80. The highest BCUT2D eigenvalue weighted by molar-refractivity contribution is 7.92. The molecule has 2 heterocycles. The van der Waals surface area contributed by atoms with Gasteiger partial charge in [-0.15, -0.1) is 0 Å². The van der Waals surface area contributed by atoms with Crippen LogP contribution >= 0.6 is 0 Å². The first-order valence-corrected chi connectivity index (χ1v) is 10.1. The fraction of sp³-hybridized carbons (Fsp3) is 0.588. The summed E-state index contributed by atoms with van der Waals surface area (Å²) >= 11 is 0. The van der Waals surface area contributed by atoms with Gasteiger partial charge in [0, 0.05) is 26.1 Å². The average Bonchev–Trinajstić information content (AvgIpc) is 3.11. The van der Waals surface area contributed by atoms with Crippen LogP contribution in [0.3, 0.4) is 0 Å². The third-order valence-corrected chi connectivity index (χ3v) is 6.31. The van der Waals surface area contributed by atoms with Crippen LogP contribution in [0.15, 0.2) is 24.3 Å².